The molecule has 0 radical (unpaired) electrons. The van der Waals surface area contributed by atoms with E-state index in [-0.39, 0.29) is 25.2 Å². The van der Waals surface area contributed by atoms with Gasteiger partial charge in [-0.2, -0.15) is 13.2 Å². The molecular formula is C33H35F3N6O2. The fourth-order valence-corrected chi connectivity index (χ4v) is 5.25. The van der Waals surface area contributed by atoms with Crippen LogP contribution in [0.2, 0.25) is 0 Å². The fourth-order valence-electron chi connectivity index (χ4n) is 5.25. The predicted molar refractivity (Wildman–Crippen MR) is 167 cm³/mol. The van der Waals surface area contributed by atoms with Crippen LogP contribution in [0.1, 0.15) is 34.6 Å². The first-order chi connectivity index (χ1) is 20.7. The number of nitrogens with zero attached hydrogens (tertiary/aromatic N) is 4. The molecule has 1 amide bonds. The number of amidine groups is 1. The Morgan fingerprint density at radius 2 is 1.73 bits per heavy atom. The Balaban J connectivity index is 0.00000384. The standard InChI is InChI=1S/C32H31F3N6O2.CH4/c1-40-12-14-41(15-13-40)20-23-4-6-25(18-28(23)32(33,34)35)39-31(42)22-3-2-21-5-7-26(17-24(21)16-22)43-27-8-9-36-29(19-27)30-37-10-11-38-30;/h2-9,16-19H,10-15,20H2,1H3,(H,37,38)(H,39,42);1H4. The molecule has 0 aliphatic carbocycles. The van der Waals surface area contributed by atoms with Gasteiger partial charge in [0.15, 0.2) is 0 Å². The molecule has 0 bridgehead atoms. The number of likely N-dealkylation sites (N-methyl/N-ethyl adjacent to an activating group) is 1. The van der Waals surface area contributed by atoms with Crippen molar-refractivity contribution >= 4 is 28.2 Å². The number of halogens is 3. The number of amides is 1. The van der Waals surface area contributed by atoms with Crippen molar-refractivity contribution in [3.63, 3.8) is 0 Å². The smallest absolute Gasteiger partial charge is 0.416 e. The highest BCUT2D eigenvalue weighted by Crippen LogP contribution is 2.35. The van der Waals surface area contributed by atoms with Crippen molar-refractivity contribution in [3.05, 3.63) is 95.3 Å². The van der Waals surface area contributed by atoms with Crippen LogP contribution in [-0.2, 0) is 12.7 Å². The summed E-state index contributed by atoms with van der Waals surface area (Å²) < 4.78 is 48.1. The van der Waals surface area contributed by atoms with Crippen molar-refractivity contribution in [2.24, 2.45) is 4.99 Å². The van der Waals surface area contributed by atoms with Gasteiger partial charge < -0.3 is 20.3 Å². The molecule has 6 rings (SSSR count). The van der Waals surface area contributed by atoms with E-state index in [9.17, 15) is 18.0 Å². The molecule has 1 saturated heterocycles. The van der Waals surface area contributed by atoms with Crippen LogP contribution in [-0.4, -0.2) is 72.8 Å². The Morgan fingerprint density at radius 1 is 0.955 bits per heavy atom. The Hall–Kier alpha value is -4.48. The van der Waals surface area contributed by atoms with Crippen LogP contribution < -0.4 is 15.4 Å². The lowest BCUT2D eigenvalue weighted by atomic mass is 10.0. The first-order valence-corrected chi connectivity index (χ1v) is 14.1. The van der Waals surface area contributed by atoms with E-state index in [1.54, 1.807) is 36.5 Å². The van der Waals surface area contributed by atoms with Gasteiger partial charge in [0.05, 0.1) is 12.1 Å². The van der Waals surface area contributed by atoms with Gasteiger partial charge in [0.2, 0.25) is 0 Å². The molecule has 1 aromatic heterocycles. The molecule has 0 saturated carbocycles. The highest BCUT2D eigenvalue weighted by Gasteiger charge is 2.34. The average Bonchev–Trinajstić information content (AvgIpc) is 3.54. The Labute approximate surface area is 254 Å². The van der Waals surface area contributed by atoms with Gasteiger partial charge in [-0.25, -0.2) is 0 Å². The summed E-state index contributed by atoms with van der Waals surface area (Å²) in [7, 11) is 2.00. The maximum absolute atomic E-state index is 14.0. The Morgan fingerprint density at radius 3 is 2.48 bits per heavy atom. The van der Waals surface area contributed by atoms with E-state index in [1.165, 1.54) is 12.1 Å². The molecule has 0 atom stereocenters. The lowest BCUT2D eigenvalue weighted by Gasteiger charge is -2.33. The second-order valence-corrected chi connectivity index (χ2v) is 10.8. The molecule has 44 heavy (non-hydrogen) atoms. The summed E-state index contributed by atoms with van der Waals surface area (Å²) in [4.78, 5) is 26.0. The largest absolute Gasteiger partial charge is 0.457 e. The summed E-state index contributed by atoms with van der Waals surface area (Å²) in [5.74, 6) is 1.38. The van der Waals surface area contributed by atoms with Gasteiger partial charge in [-0.3, -0.25) is 19.7 Å². The Kier molecular flexibility index (Phi) is 9.17. The number of ether oxygens (including phenoxy) is 1. The zero-order valence-corrected chi connectivity index (χ0v) is 23.6. The fraction of sp³-hybridized carbons (Fsp3) is 0.303. The summed E-state index contributed by atoms with van der Waals surface area (Å²) >= 11 is 0. The number of rotatable bonds is 7. The highest BCUT2D eigenvalue weighted by atomic mass is 19.4. The van der Waals surface area contributed by atoms with Crippen molar-refractivity contribution in [1.82, 2.24) is 20.1 Å². The number of hydrogen-bond acceptors (Lipinski definition) is 7. The van der Waals surface area contributed by atoms with E-state index in [1.807, 2.05) is 30.1 Å². The SMILES string of the molecule is C.CN1CCN(Cc2ccc(NC(=O)c3ccc4ccc(Oc5ccnc(C6=NCCN6)c5)cc4c3)cc2C(F)(F)F)CC1. The lowest BCUT2D eigenvalue weighted by Crippen LogP contribution is -2.44. The first kappa shape index (κ1) is 31.0. The van der Waals surface area contributed by atoms with Crippen molar-refractivity contribution in [1.29, 1.82) is 0 Å². The second kappa shape index (κ2) is 13.0. The molecule has 4 aromatic rings. The Bertz CT molecular complexity index is 1680. The van der Waals surface area contributed by atoms with Crippen LogP contribution in [0, 0.1) is 0 Å². The molecule has 3 aromatic carbocycles. The monoisotopic (exact) mass is 604 g/mol. The van der Waals surface area contributed by atoms with Crippen molar-refractivity contribution in [2.75, 3.05) is 51.6 Å². The molecular weight excluding hydrogens is 569 g/mol. The molecule has 3 heterocycles. The summed E-state index contributed by atoms with van der Waals surface area (Å²) in [5.41, 5.74) is 0.556. The zero-order chi connectivity index (χ0) is 30.0. The average molecular weight is 605 g/mol. The third-order valence-electron chi connectivity index (χ3n) is 7.62. The number of aromatic nitrogens is 1. The maximum Gasteiger partial charge on any atom is 0.416 e. The van der Waals surface area contributed by atoms with Gasteiger partial charge in [-0.1, -0.05) is 25.6 Å². The summed E-state index contributed by atoms with van der Waals surface area (Å²) in [6, 6.07) is 18.2. The van der Waals surface area contributed by atoms with Crippen LogP contribution in [0.5, 0.6) is 11.5 Å². The van der Waals surface area contributed by atoms with Crippen LogP contribution in [0.15, 0.2) is 77.9 Å². The van der Waals surface area contributed by atoms with Gasteiger partial charge in [0, 0.05) is 62.8 Å². The number of carbonyl (C=O) groups excluding carboxylic acids is 1. The predicted octanol–water partition coefficient (Wildman–Crippen LogP) is 6.03. The van der Waals surface area contributed by atoms with Gasteiger partial charge in [-0.15, -0.1) is 0 Å². The van der Waals surface area contributed by atoms with Gasteiger partial charge in [0.1, 0.15) is 23.0 Å². The van der Waals surface area contributed by atoms with Gasteiger partial charge in [-0.05, 0) is 65.8 Å². The van der Waals surface area contributed by atoms with Crippen LogP contribution in [0.4, 0.5) is 18.9 Å². The highest BCUT2D eigenvalue weighted by molar-refractivity contribution is 6.06. The number of anilines is 1. The molecule has 11 heteroatoms. The quantitative estimate of drug-likeness (QED) is 0.268. The number of alkyl halides is 3. The van der Waals surface area contributed by atoms with Crippen molar-refractivity contribution < 1.29 is 22.7 Å². The molecule has 2 aliphatic heterocycles. The summed E-state index contributed by atoms with van der Waals surface area (Å²) in [6.07, 6.45) is -2.89. The van der Waals surface area contributed by atoms with Crippen LogP contribution in [0.25, 0.3) is 10.8 Å². The maximum atomic E-state index is 14.0. The van der Waals surface area contributed by atoms with E-state index in [0.717, 1.165) is 42.3 Å². The molecule has 0 spiro atoms. The van der Waals surface area contributed by atoms with Crippen LogP contribution in [0.3, 0.4) is 0 Å². The number of nitrogens with one attached hydrogen (secondary N) is 2. The summed E-state index contributed by atoms with van der Waals surface area (Å²) in [5, 5.41) is 7.47. The minimum Gasteiger partial charge on any atom is -0.457 e. The number of pyridine rings is 1. The lowest BCUT2D eigenvalue weighted by molar-refractivity contribution is -0.138. The molecule has 230 valence electrons. The molecule has 0 unspecified atom stereocenters. The van der Waals surface area contributed by atoms with E-state index in [0.29, 0.717) is 42.4 Å². The second-order valence-electron chi connectivity index (χ2n) is 10.8. The first-order valence-electron chi connectivity index (χ1n) is 14.1. The minimum atomic E-state index is -4.54. The third-order valence-corrected chi connectivity index (χ3v) is 7.62. The van der Waals surface area contributed by atoms with E-state index < -0.39 is 17.6 Å². The molecule has 1 fully saturated rings. The third kappa shape index (κ3) is 7.17. The van der Waals surface area contributed by atoms with Crippen LogP contribution >= 0.6 is 0 Å². The zero-order valence-electron chi connectivity index (χ0n) is 23.6. The topological polar surface area (TPSA) is 82.1 Å². The van der Waals surface area contributed by atoms with E-state index >= 15 is 0 Å². The number of fused-ring (bicyclic) bond motifs is 1. The molecule has 8 nitrogen and oxygen atoms in total. The van der Waals surface area contributed by atoms with E-state index in [4.69, 9.17) is 4.74 Å². The van der Waals surface area contributed by atoms with Crippen molar-refractivity contribution in [3.8, 4) is 11.5 Å². The van der Waals surface area contributed by atoms with Gasteiger partial charge in [0.25, 0.3) is 5.91 Å². The summed E-state index contributed by atoms with van der Waals surface area (Å²) in [6.45, 7) is 4.72. The normalized spacial score (nSPS) is 15.8. The van der Waals surface area contributed by atoms with E-state index in [2.05, 4.69) is 25.5 Å². The number of benzene rings is 3. The number of hydrogen-bond donors (Lipinski definition) is 2. The molecule has 2 aliphatic rings. The van der Waals surface area contributed by atoms with Gasteiger partial charge >= 0.3 is 6.18 Å². The number of aliphatic imine (C=N–C) groups is 1. The molecule has 2 N–H and O–H groups in total. The minimum absolute atomic E-state index is 0. The number of piperazine rings is 1. The van der Waals surface area contributed by atoms with Crippen molar-refractivity contribution in [2.45, 2.75) is 20.1 Å². The number of carbonyl (C=O) groups is 1.